The predicted octanol–water partition coefficient (Wildman–Crippen LogP) is 4.20. The number of ketones is 1. The number of rotatable bonds is 3. The molecule has 15 heavy (non-hydrogen) atoms. The van der Waals surface area contributed by atoms with Crippen molar-refractivity contribution in [3.05, 3.63) is 34.3 Å². The third-order valence-electron chi connectivity index (χ3n) is 3.19. The van der Waals surface area contributed by atoms with E-state index < -0.39 is 0 Å². The fourth-order valence-corrected chi connectivity index (χ4v) is 2.36. The maximum absolute atomic E-state index is 11.8. The molecule has 0 amide bonds. The van der Waals surface area contributed by atoms with E-state index in [0.717, 1.165) is 5.56 Å². The van der Waals surface area contributed by atoms with Crippen LogP contribution >= 0.6 is 11.6 Å². The summed E-state index contributed by atoms with van der Waals surface area (Å²) in [5, 5.41) is 0.617. The van der Waals surface area contributed by atoms with Crippen LogP contribution in [0.3, 0.4) is 0 Å². The number of carbonyl (C=O) groups is 1. The highest BCUT2D eigenvalue weighted by atomic mass is 35.5. The summed E-state index contributed by atoms with van der Waals surface area (Å²) in [6, 6.07) is 5.81. The molecule has 2 rings (SSSR count). The highest BCUT2D eigenvalue weighted by molar-refractivity contribution is 6.34. The van der Waals surface area contributed by atoms with Crippen LogP contribution in [0.4, 0.5) is 0 Å². The second kappa shape index (κ2) is 4.36. The highest BCUT2D eigenvalue weighted by Gasteiger charge is 2.25. The monoisotopic (exact) mass is 222 g/mol. The van der Waals surface area contributed by atoms with E-state index in [0.29, 0.717) is 17.4 Å². The number of halogens is 1. The second-order valence-electron chi connectivity index (χ2n) is 4.11. The minimum Gasteiger partial charge on any atom is -0.294 e. The molecular weight excluding hydrogens is 208 g/mol. The van der Waals surface area contributed by atoms with Gasteiger partial charge in [0.1, 0.15) is 0 Å². The van der Waals surface area contributed by atoms with Gasteiger partial charge in [-0.15, -0.1) is 0 Å². The standard InChI is InChI=1S/C13H15ClO/c1-2-12(15)13-10(9-5-3-6-9)7-4-8-11(13)14/h4,7-9H,2-3,5-6H2,1H3. The van der Waals surface area contributed by atoms with Crippen LogP contribution in [0.1, 0.15) is 54.4 Å². The predicted molar refractivity (Wildman–Crippen MR) is 62.7 cm³/mol. The highest BCUT2D eigenvalue weighted by Crippen LogP contribution is 2.39. The van der Waals surface area contributed by atoms with E-state index in [2.05, 4.69) is 6.07 Å². The topological polar surface area (TPSA) is 17.1 Å². The van der Waals surface area contributed by atoms with Crippen molar-refractivity contribution in [2.24, 2.45) is 0 Å². The van der Waals surface area contributed by atoms with E-state index in [1.54, 1.807) is 0 Å². The lowest BCUT2D eigenvalue weighted by atomic mass is 9.77. The summed E-state index contributed by atoms with van der Waals surface area (Å²) in [6.07, 6.45) is 4.20. The molecule has 0 aliphatic heterocycles. The summed E-state index contributed by atoms with van der Waals surface area (Å²) in [4.78, 5) is 11.8. The molecule has 1 fully saturated rings. The average Bonchev–Trinajstić information content (AvgIpc) is 2.14. The fourth-order valence-electron chi connectivity index (χ4n) is 2.07. The van der Waals surface area contributed by atoms with Gasteiger partial charge in [-0.1, -0.05) is 37.1 Å². The van der Waals surface area contributed by atoms with E-state index >= 15 is 0 Å². The molecule has 0 heterocycles. The van der Waals surface area contributed by atoms with Crippen molar-refractivity contribution < 1.29 is 4.79 Å². The van der Waals surface area contributed by atoms with Crippen LogP contribution < -0.4 is 0 Å². The van der Waals surface area contributed by atoms with E-state index in [1.807, 2.05) is 19.1 Å². The molecule has 1 aromatic carbocycles. The number of hydrogen-bond acceptors (Lipinski definition) is 1. The van der Waals surface area contributed by atoms with E-state index in [-0.39, 0.29) is 5.78 Å². The van der Waals surface area contributed by atoms with Gasteiger partial charge in [0.05, 0.1) is 5.02 Å². The molecule has 1 aromatic rings. The Balaban J connectivity index is 2.43. The first-order chi connectivity index (χ1) is 7.24. The van der Waals surface area contributed by atoms with Crippen LogP contribution in [0, 0.1) is 0 Å². The summed E-state index contributed by atoms with van der Waals surface area (Å²) in [5.74, 6) is 0.733. The summed E-state index contributed by atoms with van der Waals surface area (Å²) < 4.78 is 0. The number of benzene rings is 1. The molecule has 0 radical (unpaired) electrons. The van der Waals surface area contributed by atoms with Crippen molar-refractivity contribution in [1.82, 2.24) is 0 Å². The van der Waals surface area contributed by atoms with Crippen LogP contribution in [0.25, 0.3) is 0 Å². The van der Waals surface area contributed by atoms with Crippen LogP contribution in [-0.4, -0.2) is 5.78 Å². The smallest absolute Gasteiger partial charge is 0.164 e. The Morgan fingerprint density at radius 2 is 2.20 bits per heavy atom. The summed E-state index contributed by atoms with van der Waals surface area (Å²) in [5.41, 5.74) is 1.94. The fraction of sp³-hybridized carbons (Fsp3) is 0.462. The summed E-state index contributed by atoms with van der Waals surface area (Å²) in [6.45, 7) is 1.89. The molecule has 0 spiro atoms. The van der Waals surface area contributed by atoms with Crippen molar-refractivity contribution in [1.29, 1.82) is 0 Å². The van der Waals surface area contributed by atoms with E-state index in [4.69, 9.17) is 11.6 Å². The van der Waals surface area contributed by atoms with Crippen LogP contribution in [0.15, 0.2) is 18.2 Å². The SMILES string of the molecule is CCC(=O)c1c(Cl)cccc1C1CCC1. The van der Waals surface area contributed by atoms with Crippen LogP contribution in [0.2, 0.25) is 5.02 Å². The molecule has 0 atom stereocenters. The number of hydrogen-bond donors (Lipinski definition) is 0. The van der Waals surface area contributed by atoms with Gasteiger partial charge >= 0.3 is 0 Å². The Bertz CT molecular complexity index is 380. The molecule has 0 bridgehead atoms. The minimum absolute atomic E-state index is 0.169. The molecule has 0 saturated heterocycles. The molecule has 1 saturated carbocycles. The second-order valence-corrected chi connectivity index (χ2v) is 4.52. The molecule has 0 N–H and O–H groups in total. The molecule has 0 aromatic heterocycles. The van der Waals surface area contributed by atoms with Gasteiger partial charge in [0, 0.05) is 12.0 Å². The summed E-state index contributed by atoms with van der Waals surface area (Å²) in [7, 11) is 0. The number of Topliss-reactive ketones (excluding diaryl/α,β-unsaturated/α-hetero) is 1. The third kappa shape index (κ3) is 1.93. The van der Waals surface area contributed by atoms with Gasteiger partial charge in [-0.2, -0.15) is 0 Å². The normalized spacial score (nSPS) is 16.1. The lowest BCUT2D eigenvalue weighted by Crippen LogP contribution is -2.14. The lowest BCUT2D eigenvalue weighted by molar-refractivity contribution is 0.0986. The summed E-state index contributed by atoms with van der Waals surface area (Å²) >= 11 is 6.11. The van der Waals surface area contributed by atoms with Gasteiger partial charge in [-0.25, -0.2) is 0 Å². The first-order valence-corrected chi connectivity index (χ1v) is 5.93. The first kappa shape index (κ1) is 10.7. The zero-order valence-electron chi connectivity index (χ0n) is 8.92. The van der Waals surface area contributed by atoms with Crippen molar-refractivity contribution in [2.45, 2.75) is 38.5 Å². The third-order valence-corrected chi connectivity index (χ3v) is 3.51. The largest absolute Gasteiger partial charge is 0.294 e. The molecular formula is C13H15ClO. The Morgan fingerprint density at radius 1 is 1.47 bits per heavy atom. The van der Waals surface area contributed by atoms with Crippen LogP contribution in [-0.2, 0) is 0 Å². The molecule has 1 nitrogen and oxygen atoms in total. The van der Waals surface area contributed by atoms with Crippen LogP contribution in [0.5, 0.6) is 0 Å². The quantitative estimate of drug-likeness (QED) is 0.701. The Kier molecular flexibility index (Phi) is 3.11. The Hall–Kier alpha value is -0.820. The molecule has 80 valence electrons. The van der Waals surface area contributed by atoms with Gasteiger partial charge in [0.25, 0.3) is 0 Å². The first-order valence-electron chi connectivity index (χ1n) is 5.55. The van der Waals surface area contributed by atoms with Crippen molar-refractivity contribution in [3.63, 3.8) is 0 Å². The maximum Gasteiger partial charge on any atom is 0.164 e. The van der Waals surface area contributed by atoms with Gasteiger partial charge < -0.3 is 0 Å². The Labute approximate surface area is 95.4 Å². The molecule has 1 aliphatic rings. The molecule has 0 unspecified atom stereocenters. The number of carbonyl (C=O) groups excluding carboxylic acids is 1. The average molecular weight is 223 g/mol. The minimum atomic E-state index is 0.169. The zero-order chi connectivity index (χ0) is 10.8. The van der Waals surface area contributed by atoms with Gasteiger partial charge in [0.15, 0.2) is 5.78 Å². The van der Waals surface area contributed by atoms with Gasteiger partial charge in [-0.3, -0.25) is 4.79 Å². The van der Waals surface area contributed by atoms with Crippen molar-refractivity contribution >= 4 is 17.4 Å². The molecule has 2 heteroatoms. The van der Waals surface area contributed by atoms with Gasteiger partial charge in [0.2, 0.25) is 0 Å². The van der Waals surface area contributed by atoms with E-state index in [1.165, 1.54) is 24.8 Å². The maximum atomic E-state index is 11.8. The van der Waals surface area contributed by atoms with E-state index in [9.17, 15) is 4.79 Å². The molecule has 1 aliphatic carbocycles. The van der Waals surface area contributed by atoms with Crippen molar-refractivity contribution in [3.8, 4) is 0 Å². The Morgan fingerprint density at radius 3 is 2.73 bits per heavy atom. The zero-order valence-corrected chi connectivity index (χ0v) is 9.68. The lowest BCUT2D eigenvalue weighted by Gasteiger charge is -2.27. The van der Waals surface area contributed by atoms with Gasteiger partial charge in [-0.05, 0) is 30.4 Å². The van der Waals surface area contributed by atoms with Crippen molar-refractivity contribution in [2.75, 3.05) is 0 Å².